The predicted molar refractivity (Wildman–Crippen MR) is 58.1 cm³/mol. The zero-order chi connectivity index (χ0) is 11.0. The molecule has 15 heavy (non-hydrogen) atoms. The number of hydrogen-bond acceptors (Lipinski definition) is 4. The number of benzene rings is 1. The van der Waals surface area contributed by atoms with Crippen molar-refractivity contribution in [3.05, 3.63) is 23.3 Å². The van der Waals surface area contributed by atoms with Crippen molar-refractivity contribution in [2.45, 2.75) is 13.8 Å². The third-order valence-corrected chi connectivity index (χ3v) is 2.36. The molecule has 0 spiro atoms. The van der Waals surface area contributed by atoms with Crippen molar-refractivity contribution in [1.82, 2.24) is 20.2 Å². The minimum Gasteiger partial charge on any atom is -0.398 e. The Kier molecular flexibility index (Phi) is 2.15. The van der Waals surface area contributed by atoms with Gasteiger partial charge >= 0.3 is 0 Å². The molecule has 5 heteroatoms. The van der Waals surface area contributed by atoms with Crippen LogP contribution >= 0.6 is 0 Å². The normalized spacial score (nSPS) is 10.6. The number of aryl methyl sites for hydroxylation is 3. The molecule has 0 radical (unpaired) electrons. The number of nitrogens with two attached hydrogens (primary N) is 1. The van der Waals surface area contributed by atoms with Gasteiger partial charge in [-0.1, -0.05) is 0 Å². The third-order valence-electron chi connectivity index (χ3n) is 2.36. The molecule has 0 saturated heterocycles. The lowest BCUT2D eigenvalue weighted by Gasteiger charge is -2.05. The second-order valence-corrected chi connectivity index (χ2v) is 3.63. The van der Waals surface area contributed by atoms with Crippen molar-refractivity contribution in [1.29, 1.82) is 0 Å². The highest BCUT2D eigenvalue weighted by atomic mass is 15.6. The Hall–Kier alpha value is -1.91. The highest BCUT2D eigenvalue weighted by molar-refractivity contribution is 5.65. The van der Waals surface area contributed by atoms with Crippen LogP contribution in [0.1, 0.15) is 11.1 Å². The van der Waals surface area contributed by atoms with E-state index in [0.717, 1.165) is 22.4 Å². The number of anilines is 1. The Labute approximate surface area is 87.9 Å². The molecule has 2 rings (SSSR count). The number of rotatable bonds is 1. The van der Waals surface area contributed by atoms with E-state index in [1.807, 2.05) is 26.0 Å². The van der Waals surface area contributed by atoms with Crippen LogP contribution in [-0.2, 0) is 7.05 Å². The van der Waals surface area contributed by atoms with Gasteiger partial charge in [0.05, 0.1) is 7.05 Å². The molecule has 0 unspecified atom stereocenters. The van der Waals surface area contributed by atoms with E-state index in [0.29, 0.717) is 5.82 Å². The van der Waals surface area contributed by atoms with E-state index >= 15 is 0 Å². The maximum Gasteiger partial charge on any atom is 0.204 e. The first-order chi connectivity index (χ1) is 7.08. The molecule has 0 aliphatic rings. The lowest BCUT2D eigenvalue weighted by Crippen LogP contribution is -1.95. The fraction of sp³-hybridized carbons (Fsp3) is 0.300. The van der Waals surface area contributed by atoms with Crippen LogP contribution in [0.15, 0.2) is 12.1 Å². The molecule has 0 aliphatic heterocycles. The Bertz CT molecular complexity index is 477. The Morgan fingerprint density at radius 1 is 1.20 bits per heavy atom. The number of nitrogens with zero attached hydrogens (tertiary/aromatic N) is 4. The summed E-state index contributed by atoms with van der Waals surface area (Å²) >= 11 is 0. The highest BCUT2D eigenvalue weighted by Crippen LogP contribution is 2.23. The van der Waals surface area contributed by atoms with Crippen molar-refractivity contribution in [2.24, 2.45) is 7.05 Å². The van der Waals surface area contributed by atoms with E-state index < -0.39 is 0 Å². The zero-order valence-electron chi connectivity index (χ0n) is 9.02. The summed E-state index contributed by atoms with van der Waals surface area (Å²) in [5, 5.41) is 11.9. The fourth-order valence-electron chi connectivity index (χ4n) is 1.50. The number of nitrogen functional groups attached to an aromatic ring is 1. The summed E-state index contributed by atoms with van der Waals surface area (Å²) in [6, 6.07) is 3.94. The number of tetrazole rings is 1. The third kappa shape index (κ3) is 1.68. The van der Waals surface area contributed by atoms with Crippen LogP contribution in [0.3, 0.4) is 0 Å². The minimum absolute atomic E-state index is 0.628. The molecule has 0 aliphatic carbocycles. The van der Waals surface area contributed by atoms with Gasteiger partial charge in [0.1, 0.15) is 0 Å². The SMILES string of the molecule is Cc1cc(-c2nnn(C)n2)cc(C)c1N. The average molecular weight is 203 g/mol. The van der Waals surface area contributed by atoms with Crippen LogP contribution in [0.2, 0.25) is 0 Å². The summed E-state index contributed by atoms with van der Waals surface area (Å²) < 4.78 is 0. The van der Waals surface area contributed by atoms with Gasteiger partial charge in [-0.25, -0.2) is 0 Å². The molecular weight excluding hydrogens is 190 g/mol. The topological polar surface area (TPSA) is 69.6 Å². The van der Waals surface area contributed by atoms with Crippen molar-refractivity contribution in [3.63, 3.8) is 0 Å². The Morgan fingerprint density at radius 2 is 1.80 bits per heavy atom. The quantitative estimate of drug-likeness (QED) is 0.704. The van der Waals surface area contributed by atoms with Crippen LogP contribution < -0.4 is 5.73 Å². The standard InChI is InChI=1S/C10H13N5/c1-6-4-8(5-7(2)9(6)11)10-12-14-15(3)13-10/h4-5H,11H2,1-3H3. The number of hydrogen-bond donors (Lipinski definition) is 1. The average Bonchev–Trinajstić information content (AvgIpc) is 2.60. The first kappa shape index (κ1) is 9.64. The fourth-order valence-corrected chi connectivity index (χ4v) is 1.50. The monoisotopic (exact) mass is 203 g/mol. The lowest BCUT2D eigenvalue weighted by atomic mass is 10.0. The maximum absolute atomic E-state index is 5.87. The largest absolute Gasteiger partial charge is 0.398 e. The van der Waals surface area contributed by atoms with Gasteiger partial charge in [0.2, 0.25) is 5.82 Å². The van der Waals surface area contributed by atoms with E-state index in [1.54, 1.807) is 7.05 Å². The minimum atomic E-state index is 0.628. The van der Waals surface area contributed by atoms with Gasteiger partial charge in [-0.3, -0.25) is 0 Å². The maximum atomic E-state index is 5.87. The first-order valence-electron chi connectivity index (χ1n) is 4.69. The van der Waals surface area contributed by atoms with Gasteiger partial charge in [0.25, 0.3) is 0 Å². The molecule has 1 aromatic carbocycles. The second kappa shape index (κ2) is 3.34. The van der Waals surface area contributed by atoms with Gasteiger partial charge in [0, 0.05) is 11.3 Å². The highest BCUT2D eigenvalue weighted by Gasteiger charge is 2.07. The molecule has 1 heterocycles. The van der Waals surface area contributed by atoms with Gasteiger partial charge in [-0.2, -0.15) is 4.80 Å². The lowest BCUT2D eigenvalue weighted by molar-refractivity contribution is 0.630. The molecule has 0 atom stereocenters. The summed E-state index contributed by atoms with van der Waals surface area (Å²) in [5.74, 6) is 0.628. The molecule has 5 nitrogen and oxygen atoms in total. The van der Waals surface area contributed by atoms with E-state index in [1.165, 1.54) is 4.80 Å². The van der Waals surface area contributed by atoms with Crippen molar-refractivity contribution >= 4 is 5.69 Å². The van der Waals surface area contributed by atoms with Crippen LogP contribution in [0.5, 0.6) is 0 Å². The number of aromatic nitrogens is 4. The molecule has 1 aromatic heterocycles. The van der Waals surface area contributed by atoms with Crippen LogP contribution in [0.4, 0.5) is 5.69 Å². The summed E-state index contributed by atoms with van der Waals surface area (Å²) in [7, 11) is 1.74. The first-order valence-corrected chi connectivity index (χ1v) is 4.69. The molecule has 2 N–H and O–H groups in total. The van der Waals surface area contributed by atoms with Crippen LogP contribution in [0.25, 0.3) is 11.4 Å². The smallest absolute Gasteiger partial charge is 0.204 e. The summed E-state index contributed by atoms with van der Waals surface area (Å²) in [4.78, 5) is 1.44. The van der Waals surface area contributed by atoms with E-state index in [-0.39, 0.29) is 0 Å². The van der Waals surface area contributed by atoms with Gasteiger partial charge in [0.15, 0.2) is 0 Å². The van der Waals surface area contributed by atoms with Gasteiger partial charge in [-0.15, -0.1) is 10.2 Å². The van der Waals surface area contributed by atoms with Crippen molar-refractivity contribution in [3.8, 4) is 11.4 Å². The van der Waals surface area contributed by atoms with E-state index in [2.05, 4.69) is 15.4 Å². The van der Waals surface area contributed by atoms with Crippen LogP contribution in [0, 0.1) is 13.8 Å². The van der Waals surface area contributed by atoms with Crippen molar-refractivity contribution < 1.29 is 0 Å². The van der Waals surface area contributed by atoms with Crippen molar-refractivity contribution in [2.75, 3.05) is 5.73 Å². The van der Waals surface area contributed by atoms with Gasteiger partial charge in [-0.05, 0) is 42.3 Å². The van der Waals surface area contributed by atoms with E-state index in [9.17, 15) is 0 Å². The zero-order valence-corrected chi connectivity index (χ0v) is 9.02. The molecule has 0 bridgehead atoms. The summed E-state index contributed by atoms with van der Waals surface area (Å²) in [5.41, 5.74) is 9.72. The van der Waals surface area contributed by atoms with Gasteiger partial charge < -0.3 is 5.73 Å². The Morgan fingerprint density at radius 3 is 2.27 bits per heavy atom. The summed E-state index contributed by atoms with van der Waals surface area (Å²) in [6.07, 6.45) is 0. The molecule has 0 amide bonds. The molecule has 2 aromatic rings. The molecule has 0 saturated carbocycles. The molecule has 0 fully saturated rings. The summed E-state index contributed by atoms with van der Waals surface area (Å²) in [6.45, 7) is 3.95. The van der Waals surface area contributed by atoms with E-state index in [4.69, 9.17) is 5.73 Å². The Balaban J connectivity index is 2.55. The molecular formula is C10H13N5. The predicted octanol–water partition coefficient (Wildman–Crippen LogP) is 1.08. The molecule has 78 valence electrons. The second-order valence-electron chi connectivity index (χ2n) is 3.63. The van der Waals surface area contributed by atoms with Crippen LogP contribution in [-0.4, -0.2) is 20.2 Å².